The van der Waals surface area contributed by atoms with E-state index in [9.17, 15) is 14.4 Å². The number of carbonyl (C=O) groups is 3. The molecule has 0 aliphatic carbocycles. The smallest absolute Gasteiger partial charge is 0.335 e. The highest BCUT2D eigenvalue weighted by molar-refractivity contribution is 8.00. The molecule has 21 heavy (non-hydrogen) atoms. The number of amides is 2. The molecule has 2 aliphatic rings. The van der Waals surface area contributed by atoms with E-state index < -0.39 is 5.97 Å². The molecule has 110 valence electrons. The highest BCUT2D eigenvalue weighted by Gasteiger charge is 2.41. The number of hydrogen-bond acceptors (Lipinski definition) is 4. The third-order valence-electron chi connectivity index (χ3n) is 4.01. The van der Waals surface area contributed by atoms with E-state index in [2.05, 4.69) is 6.92 Å². The van der Waals surface area contributed by atoms with E-state index in [0.29, 0.717) is 12.1 Å². The van der Waals surface area contributed by atoms with Crippen molar-refractivity contribution in [2.24, 2.45) is 0 Å². The molecular formula is C15H15NO4S. The second-order valence-corrected chi connectivity index (χ2v) is 7.35. The molecule has 3 rings (SSSR count). The van der Waals surface area contributed by atoms with E-state index in [0.717, 1.165) is 18.6 Å². The van der Waals surface area contributed by atoms with Gasteiger partial charge in [-0.25, -0.2) is 4.79 Å². The standard InChI is InChI=1S/C15H15NO4S/c1-15(5-2-6-21-15)8-16-12(17)10-4-3-9(14(19)20)7-11(10)13(16)18/h3-4,7H,2,5-6,8H2,1H3,(H,19,20). The van der Waals surface area contributed by atoms with Crippen LogP contribution in [0.3, 0.4) is 0 Å². The fourth-order valence-corrected chi connectivity index (χ4v) is 4.15. The number of fused-ring (bicyclic) bond motifs is 1. The van der Waals surface area contributed by atoms with Crippen molar-refractivity contribution in [3.63, 3.8) is 0 Å². The first kappa shape index (κ1) is 14.1. The number of benzene rings is 1. The van der Waals surface area contributed by atoms with E-state index in [-0.39, 0.29) is 27.7 Å². The SMILES string of the molecule is CC1(CN2C(=O)c3ccc(C(=O)O)cc3C2=O)CCCS1. The lowest BCUT2D eigenvalue weighted by atomic mass is 10.1. The van der Waals surface area contributed by atoms with Crippen LogP contribution in [-0.4, -0.2) is 44.8 Å². The summed E-state index contributed by atoms with van der Waals surface area (Å²) in [5.74, 6) is -0.759. The summed E-state index contributed by atoms with van der Waals surface area (Å²) >= 11 is 1.78. The molecule has 2 aliphatic heterocycles. The average molecular weight is 305 g/mol. The van der Waals surface area contributed by atoms with E-state index in [1.54, 1.807) is 11.8 Å². The van der Waals surface area contributed by atoms with Crippen molar-refractivity contribution in [2.45, 2.75) is 24.5 Å². The summed E-state index contributed by atoms with van der Waals surface area (Å²) in [5.41, 5.74) is 0.529. The molecule has 0 aromatic heterocycles. The molecule has 1 aromatic rings. The molecule has 1 aromatic carbocycles. The number of carbonyl (C=O) groups excluding carboxylic acids is 2. The number of nitrogens with zero attached hydrogens (tertiary/aromatic N) is 1. The molecule has 1 unspecified atom stereocenters. The molecule has 2 heterocycles. The van der Waals surface area contributed by atoms with E-state index in [4.69, 9.17) is 5.11 Å². The number of rotatable bonds is 3. The average Bonchev–Trinajstić information content (AvgIpc) is 2.97. The lowest BCUT2D eigenvalue weighted by Gasteiger charge is -2.27. The number of carboxylic acids is 1. The van der Waals surface area contributed by atoms with Gasteiger partial charge in [0.15, 0.2) is 0 Å². The Morgan fingerprint density at radius 2 is 2.05 bits per heavy atom. The van der Waals surface area contributed by atoms with Crippen molar-refractivity contribution in [3.8, 4) is 0 Å². The predicted octanol–water partition coefficient (Wildman–Crippen LogP) is 2.27. The van der Waals surface area contributed by atoms with Gasteiger partial charge in [0.25, 0.3) is 11.8 Å². The Kier molecular flexibility index (Phi) is 3.28. The van der Waals surface area contributed by atoms with Crippen LogP contribution in [0, 0.1) is 0 Å². The largest absolute Gasteiger partial charge is 0.478 e. The van der Waals surface area contributed by atoms with Crippen LogP contribution in [0.15, 0.2) is 18.2 Å². The van der Waals surface area contributed by atoms with Gasteiger partial charge in [-0.3, -0.25) is 14.5 Å². The molecule has 0 bridgehead atoms. The van der Waals surface area contributed by atoms with E-state index in [1.165, 1.54) is 23.1 Å². The van der Waals surface area contributed by atoms with Gasteiger partial charge < -0.3 is 5.11 Å². The highest BCUT2D eigenvalue weighted by Crippen LogP contribution is 2.39. The maximum Gasteiger partial charge on any atom is 0.335 e. The summed E-state index contributed by atoms with van der Waals surface area (Å²) in [6, 6.07) is 4.09. The van der Waals surface area contributed by atoms with Gasteiger partial charge in [0.1, 0.15) is 0 Å². The van der Waals surface area contributed by atoms with Crippen LogP contribution in [0.4, 0.5) is 0 Å². The van der Waals surface area contributed by atoms with Crippen LogP contribution < -0.4 is 0 Å². The number of aromatic carboxylic acids is 1. The van der Waals surface area contributed by atoms with Crippen LogP contribution in [0.2, 0.25) is 0 Å². The first-order valence-electron chi connectivity index (χ1n) is 6.79. The maximum absolute atomic E-state index is 12.4. The van der Waals surface area contributed by atoms with E-state index in [1.807, 2.05) is 0 Å². The summed E-state index contributed by atoms with van der Waals surface area (Å²) < 4.78 is -0.0943. The predicted molar refractivity (Wildman–Crippen MR) is 78.9 cm³/mol. The van der Waals surface area contributed by atoms with Crippen LogP contribution in [-0.2, 0) is 0 Å². The summed E-state index contributed by atoms with van der Waals surface area (Å²) in [6.07, 6.45) is 2.07. The van der Waals surface area contributed by atoms with Crippen LogP contribution >= 0.6 is 11.8 Å². The fraction of sp³-hybridized carbons (Fsp3) is 0.400. The van der Waals surface area contributed by atoms with Crippen LogP contribution in [0.1, 0.15) is 50.8 Å². The van der Waals surface area contributed by atoms with Crippen molar-refractivity contribution >= 4 is 29.5 Å². The van der Waals surface area contributed by atoms with Crippen molar-refractivity contribution in [1.29, 1.82) is 0 Å². The normalized spacial score (nSPS) is 24.5. The van der Waals surface area contributed by atoms with Crippen LogP contribution in [0.25, 0.3) is 0 Å². The van der Waals surface area contributed by atoms with Gasteiger partial charge in [-0.2, -0.15) is 11.8 Å². The summed E-state index contributed by atoms with van der Waals surface area (Å²) in [4.78, 5) is 37.0. The van der Waals surface area contributed by atoms with Crippen molar-refractivity contribution in [2.75, 3.05) is 12.3 Å². The lowest BCUT2D eigenvalue weighted by molar-refractivity contribution is 0.0638. The van der Waals surface area contributed by atoms with Gasteiger partial charge >= 0.3 is 5.97 Å². The number of hydrogen-bond donors (Lipinski definition) is 1. The lowest BCUT2D eigenvalue weighted by Crippen LogP contribution is -2.40. The first-order chi connectivity index (χ1) is 9.91. The van der Waals surface area contributed by atoms with Gasteiger partial charge in [-0.15, -0.1) is 0 Å². The third kappa shape index (κ3) is 2.33. The van der Waals surface area contributed by atoms with Crippen molar-refractivity contribution in [3.05, 3.63) is 34.9 Å². The van der Waals surface area contributed by atoms with Gasteiger partial charge in [-0.05, 0) is 43.7 Å². The Balaban J connectivity index is 1.91. The van der Waals surface area contributed by atoms with Crippen molar-refractivity contribution in [1.82, 2.24) is 4.90 Å². The molecule has 1 N–H and O–H groups in total. The minimum Gasteiger partial charge on any atom is -0.478 e. The summed E-state index contributed by atoms with van der Waals surface area (Å²) in [6.45, 7) is 2.45. The highest BCUT2D eigenvalue weighted by atomic mass is 32.2. The maximum atomic E-state index is 12.4. The quantitative estimate of drug-likeness (QED) is 0.867. The Morgan fingerprint density at radius 3 is 2.67 bits per heavy atom. The molecular weight excluding hydrogens is 290 g/mol. The molecule has 1 atom stereocenters. The molecule has 0 saturated carbocycles. The minimum absolute atomic E-state index is 0.0261. The first-order valence-corrected chi connectivity index (χ1v) is 7.77. The number of thioether (sulfide) groups is 1. The molecule has 5 nitrogen and oxygen atoms in total. The number of carboxylic acid groups (broad SMARTS) is 1. The zero-order valence-electron chi connectivity index (χ0n) is 11.6. The second kappa shape index (κ2) is 4.87. The Morgan fingerprint density at radius 1 is 1.33 bits per heavy atom. The second-order valence-electron chi connectivity index (χ2n) is 5.66. The molecule has 1 fully saturated rings. The van der Waals surface area contributed by atoms with Gasteiger partial charge in [0.05, 0.1) is 16.7 Å². The number of imide groups is 1. The van der Waals surface area contributed by atoms with Gasteiger partial charge in [0.2, 0.25) is 0 Å². The van der Waals surface area contributed by atoms with Gasteiger partial charge in [-0.1, -0.05) is 0 Å². The molecule has 0 radical (unpaired) electrons. The Bertz CT molecular complexity index is 649. The topological polar surface area (TPSA) is 74.7 Å². The van der Waals surface area contributed by atoms with Crippen LogP contribution in [0.5, 0.6) is 0 Å². The van der Waals surface area contributed by atoms with E-state index >= 15 is 0 Å². The Hall–Kier alpha value is -1.82. The monoisotopic (exact) mass is 305 g/mol. The molecule has 6 heteroatoms. The molecule has 2 amide bonds. The fourth-order valence-electron chi connectivity index (χ4n) is 2.86. The van der Waals surface area contributed by atoms with Gasteiger partial charge in [0, 0.05) is 11.3 Å². The minimum atomic E-state index is -1.10. The Labute approximate surface area is 126 Å². The summed E-state index contributed by atoms with van der Waals surface area (Å²) in [7, 11) is 0. The molecule has 0 spiro atoms. The third-order valence-corrected chi connectivity index (χ3v) is 5.53. The summed E-state index contributed by atoms with van der Waals surface area (Å²) in [5, 5.41) is 8.99. The van der Waals surface area contributed by atoms with Crippen molar-refractivity contribution < 1.29 is 19.5 Å². The molecule has 1 saturated heterocycles. The zero-order valence-corrected chi connectivity index (χ0v) is 12.4. The zero-order chi connectivity index (χ0) is 15.2.